The minimum absolute atomic E-state index is 0.0282. The zero-order valence-corrected chi connectivity index (χ0v) is 18.5. The second kappa shape index (κ2) is 8.11. The van der Waals surface area contributed by atoms with Crippen LogP contribution >= 0.6 is 11.3 Å². The summed E-state index contributed by atoms with van der Waals surface area (Å²) in [5.41, 5.74) is 10.6. The highest BCUT2D eigenvalue weighted by atomic mass is 32.1. The van der Waals surface area contributed by atoms with Crippen molar-refractivity contribution in [3.63, 3.8) is 0 Å². The first-order chi connectivity index (χ1) is 15.0. The molecular formula is C24H27FN4OS. The quantitative estimate of drug-likeness (QED) is 0.627. The minimum atomic E-state index is -0.169. The smallest absolute Gasteiger partial charge is 0.263 e. The number of hydrogen-bond donors (Lipinski definition) is 2. The molecule has 1 aliphatic heterocycles. The molecule has 1 aliphatic carbocycles. The van der Waals surface area contributed by atoms with Crippen molar-refractivity contribution in [2.75, 3.05) is 23.7 Å². The number of hydrogen-bond acceptors (Lipinski definition) is 5. The van der Waals surface area contributed by atoms with Gasteiger partial charge in [0.15, 0.2) is 0 Å². The molecule has 0 spiro atoms. The number of amides is 1. The Hall–Kier alpha value is -2.67. The third-order valence-corrected chi connectivity index (χ3v) is 7.58. The lowest BCUT2D eigenvalue weighted by Gasteiger charge is -2.31. The summed E-state index contributed by atoms with van der Waals surface area (Å²) in [6.45, 7) is 3.78. The number of pyridine rings is 1. The SMILES string of the molecule is Cc1ccc2c(N)c(C(=O)N[C@H]3CCc4cc(N5CCCCC5)c(F)cc4C3)sc2n1. The predicted octanol–water partition coefficient (Wildman–Crippen LogP) is 4.60. The van der Waals surface area contributed by atoms with Gasteiger partial charge in [-0.25, -0.2) is 9.37 Å². The minimum Gasteiger partial charge on any atom is -0.397 e. The van der Waals surface area contributed by atoms with E-state index in [1.54, 1.807) is 6.07 Å². The average Bonchev–Trinajstić information content (AvgIpc) is 3.09. The zero-order chi connectivity index (χ0) is 21.5. The number of halogens is 1. The molecule has 3 heterocycles. The molecule has 2 aliphatic rings. The first-order valence-electron chi connectivity index (χ1n) is 11.0. The Morgan fingerprint density at radius 1 is 1.23 bits per heavy atom. The van der Waals surface area contributed by atoms with E-state index in [0.717, 1.165) is 65.9 Å². The molecule has 1 aromatic carbocycles. The van der Waals surface area contributed by atoms with Gasteiger partial charge >= 0.3 is 0 Å². The topological polar surface area (TPSA) is 71.2 Å². The van der Waals surface area contributed by atoms with Gasteiger partial charge in [0.05, 0.1) is 11.4 Å². The van der Waals surface area contributed by atoms with Crippen molar-refractivity contribution in [3.05, 3.63) is 51.8 Å². The Bertz CT molecular complexity index is 1150. The van der Waals surface area contributed by atoms with Gasteiger partial charge in [0.1, 0.15) is 15.5 Å². The van der Waals surface area contributed by atoms with Crippen LogP contribution in [0.2, 0.25) is 0 Å². The second-order valence-corrected chi connectivity index (χ2v) is 9.68. The summed E-state index contributed by atoms with van der Waals surface area (Å²) in [5.74, 6) is -0.320. The van der Waals surface area contributed by atoms with Crippen molar-refractivity contribution in [1.29, 1.82) is 0 Å². The normalized spacial score (nSPS) is 18.8. The first-order valence-corrected chi connectivity index (χ1v) is 11.8. The molecule has 7 heteroatoms. The molecule has 2 aromatic heterocycles. The van der Waals surface area contributed by atoms with Crippen molar-refractivity contribution in [3.8, 4) is 0 Å². The van der Waals surface area contributed by atoms with Gasteiger partial charge in [-0.1, -0.05) is 0 Å². The van der Waals surface area contributed by atoms with E-state index in [1.165, 1.54) is 23.3 Å². The van der Waals surface area contributed by atoms with E-state index in [1.807, 2.05) is 25.1 Å². The van der Waals surface area contributed by atoms with Crippen molar-refractivity contribution in [2.24, 2.45) is 0 Å². The van der Waals surface area contributed by atoms with Gasteiger partial charge in [0.25, 0.3) is 5.91 Å². The van der Waals surface area contributed by atoms with Gasteiger partial charge in [-0.2, -0.15) is 0 Å². The summed E-state index contributed by atoms with van der Waals surface area (Å²) < 4.78 is 14.9. The van der Waals surface area contributed by atoms with E-state index < -0.39 is 0 Å². The number of nitrogens with two attached hydrogens (primary N) is 1. The molecule has 1 atom stereocenters. The number of fused-ring (bicyclic) bond motifs is 2. The summed E-state index contributed by atoms with van der Waals surface area (Å²) in [7, 11) is 0. The third kappa shape index (κ3) is 3.87. The Morgan fingerprint density at radius 3 is 2.84 bits per heavy atom. The van der Waals surface area contributed by atoms with Crippen LogP contribution in [-0.4, -0.2) is 30.0 Å². The predicted molar refractivity (Wildman–Crippen MR) is 125 cm³/mol. The number of rotatable bonds is 3. The van der Waals surface area contributed by atoms with E-state index in [0.29, 0.717) is 17.0 Å². The molecule has 5 nitrogen and oxygen atoms in total. The second-order valence-electron chi connectivity index (χ2n) is 8.68. The fourth-order valence-electron chi connectivity index (χ4n) is 4.78. The number of carbonyl (C=O) groups is 1. The van der Waals surface area contributed by atoms with Crippen molar-refractivity contribution in [2.45, 2.75) is 51.5 Å². The monoisotopic (exact) mass is 438 g/mol. The highest BCUT2D eigenvalue weighted by molar-refractivity contribution is 7.21. The van der Waals surface area contributed by atoms with Gasteiger partial charge in [-0.15, -0.1) is 11.3 Å². The van der Waals surface area contributed by atoms with Crippen LogP contribution in [0.1, 0.15) is 52.2 Å². The van der Waals surface area contributed by atoms with Crippen molar-refractivity contribution < 1.29 is 9.18 Å². The number of benzene rings is 1. The lowest BCUT2D eigenvalue weighted by Crippen LogP contribution is -2.39. The molecule has 0 saturated carbocycles. The lowest BCUT2D eigenvalue weighted by molar-refractivity contribution is 0.0938. The molecule has 1 amide bonds. The fourth-order valence-corrected chi connectivity index (χ4v) is 5.82. The number of nitrogen functional groups attached to an aromatic ring is 1. The van der Waals surface area contributed by atoms with Crippen LogP contribution in [0.3, 0.4) is 0 Å². The summed E-state index contributed by atoms with van der Waals surface area (Å²) in [6, 6.07) is 7.50. The Balaban J connectivity index is 1.32. The zero-order valence-electron chi connectivity index (χ0n) is 17.7. The number of aryl methyl sites for hydroxylation is 2. The molecular weight excluding hydrogens is 411 g/mol. The largest absolute Gasteiger partial charge is 0.397 e. The van der Waals surface area contributed by atoms with Gasteiger partial charge in [-0.05, 0) is 80.8 Å². The maximum absolute atomic E-state index is 14.9. The average molecular weight is 439 g/mol. The Kier molecular flexibility index (Phi) is 5.30. The standard InChI is InChI=1S/C24H27FN4OS/c1-14-5-8-18-21(26)22(31-24(18)27-14)23(30)28-17-7-6-15-13-20(19(25)12-16(15)11-17)29-9-3-2-4-10-29/h5,8,12-13,17H,2-4,6-7,9-11,26H2,1H3,(H,28,30)/t17-/m0/s1. The molecule has 1 saturated heterocycles. The maximum Gasteiger partial charge on any atom is 0.263 e. The number of carbonyl (C=O) groups excluding carboxylic acids is 1. The van der Waals surface area contributed by atoms with Crippen molar-refractivity contribution in [1.82, 2.24) is 10.3 Å². The highest BCUT2D eigenvalue weighted by Crippen LogP contribution is 2.34. The Labute approximate surface area is 185 Å². The number of thiophene rings is 1. The van der Waals surface area contributed by atoms with E-state index in [2.05, 4.69) is 15.2 Å². The van der Waals surface area contributed by atoms with Crippen LogP contribution in [-0.2, 0) is 12.8 Å². The molecule has 162 valence electrons. The maximum atomic E-state index is 14.9. The molecule has 5 rings (SSSR count). The summed E-state index contributed by atoms with van der Waals surface area (Å²) in [6.07, 6.45) is 5.79. The van der Waals surface area contributed by atoms with Crippen molar-refractivity contribution >= 4 is 38.8 Å². The number of nitrogens with one attached hydrogen (secondary N) is 1. The van der Waals surface area contributed by atoms with Gasteiger partial charge in [0, 0.05) is 30.2 Å². The highest BCUT2D eigenvalue weighted by Gasteiger charge is 2.26. The molecule has 0 unspecified atom stereocenters. The number of anilines is 2. The van der Waals surface area contributed by atoms with Gasteiger partial charge < -0.3 is 16.0 Å². The van der Waals surface area contributed by atoms with Crippen LogP contribution in [0.15, 0.2) is 24.3 Å². The van der Waals surface area contributed by atoms with Crippen LogP contribution in [0.25, 0.3) is 10.2 Å². The van der Waals surface area contributed by atoms with Crippen LogP contribution < -0.4 is 16.0 Å². The van der Waals surface area contributed by atoms with E-state index >= 15 is 0 Å². The molecule has 3 N–H and O–H groups in total. The number of aromatic nitrogens is 1. The van der Waals surface area contributed by atoms with Gasteiger partial charge in [0.2, 0.25) is 0 Å². The van der Waals surface area contributed by atoms with E-state index in [9.17, 15) is 9.18 Å². The summed E-state index contributed by atoms with van der Waals surface area (Å²) >= 11 is 1.33. The van der Waals surface area contributed by atoms with Crippen LogP contribution in [0.4, 0.5) is 15.8 Å². The molecule has 1 fully saturated rings. The molecule has 0 radical (unpaired) electrons. The van der Waals surface area contributed by atoms with E-state index in [-0.39, 0.29) is 17.8 Å². The fraction of sp³-hybridized carbons (Fsp3) is 0.417. The summed E-state index contributed by atoms with van der Waals surface area (Å²) in [4.78, 5) is 20.9. The number of piperidine rings is 1. The Morgan fingerprint density at radius 2 is 2.03 bits per heavy atom. The number of nitrogens with zero attached hydrogens (tertiary/aromatic N) is 2. The first kappa shape index (κ1) is 20.2. The van der Waals surface area contributed by atoms with Crippen LogP contribution in [0.5, 0.6) is 0 Å². The third-order valence-electron chi connectivity index (χ3n) is 6.47. The van der Waals surface area contributed by atoms with Gasteiger partial charge in [-0.3, -0.25) is 4.79 Å². The van der Waals surface area contributed by atoms with Crippen LogP contribution in [0, 0.1) is 12.7 Å². The van der Waals surface area contributed by atoms with E-state index in [4.69, 9.17) is 5.73 Å². The lowest BCUT2D eigenvalue weighted by atomic mass is 9.87. The molecule has 31 heavy (non-hydrogen) atoms. The molecule has 0 bridgehead atoms. The molecule has 3 aromatic rings. The summed E-state index contributed by atoms with van der Waals surface area (Å²) in [5, 5.41) is 3.94.